The van der Waals surface area contributed by atoms with Crippen molar-refractivity contribution in [3.63, 3.8) is 0 Å². The number of nitrogen functional groups attached to an aromatic ring is 1. The number of benzene rings is 2. The van der Waals surface area contributed by atoms with Crippen molar-refractivity contribution < 1.29 is 14.1 Å². The smallest absolute Gasteiger partial charge is 0.290 e. The van der Waals surface area contributed by atoms with Gasteiger partial charge in [0.2, 0.25) is 0 Å². The van der Waals surface area contributed by atoms with E-state index in [-0.39, 0.29) is 12.4 Å². The molecule has 4 atom stereocenters. The van der Waals surface area contributed by atoms with Crippen molar-refractivity contribution >= 4 is 28.8 Å². The van der Waals surface area contributed by atoms with Gasteiger partial charge >= 0.3 is 0 Å². The lowest BCUT2D eigenvalue weighted by atomic mass is 9.78. The topological polar surface area (TPSA) is 113 Å². The number of nitrogens with zero attached hydrogens (tertiary/aromatic N) is 2. The fourth-order valence-electron chi connectivity index (χ4n) is 6.09. The molecule has 204 valence electrons. The van der Waals surface area contributed by atoms with E-state index in [2.05, 4.69) is 49.3 Å². The third-order valence-electron chi connectivity index (χ3n) is 8.28. The van der Waals surface area contributed by atoms with Crippen molar-refractivity contribution in [2.24, 2.45) is 17.7 Å². The summed E-state index contributed by atoms with van der Waals surface area (Å²) < 4.78 is 15.4. The van der Waals surface area contributed by atoms with Crippen LogP contribution in [0.25, 0.3) is 0 Å². The van der Waals surface area contributed by atoms with Gasteiger partial charge in [0.15, 0.2) is 0 Å². The van der Waals surface area contributed by atoms with Crippen LogP contribution in [0.1, 0.15) is 79.2 Å². The molecule has 0 radical (unpaired) electrons. The Morgan fingerprint density at radius 2 is 1.84 bits per heavy atom. The molecule has 4 unspecified atom stereocenters. The molecule has 37 heavy (non-hydrogen) atoms. The van der Waals surface area contributed by atoms with Crippen LogP contribution in [0.15, 0.2) is 30.3 Å². The molecule has 0 bridgehead atoms. The van der Waals surface area contributed by atoms with Crippen LogP contribution in [0.4, 0.5) is 11.4 Å². The van der Waals surface area contributed by atoms with Gasteiger partial charge in [-0.1, -0.05) is 50.5 Å². The summed E-state index contributed by atoms with van der Waals surface area (Å²) in [6.45, 7) is 8.00. The van der Waals surface area contributed by atoms with Gasteiger partial charge in [0, 0.05) is 31.8 Å². The summed E-state index contributed by atoms with van der Waals surface area (Å²) in [5, 5.41) is 8.47. The fraction of sp³-hybridized carbons (Fsp3) is 0.552. The highest BCUT2D eigenvalue weighted by Crippen LogP contribution is 2.38. The summed E-state index contributed by atoms with van der Waals surface area (Å²) in [6, 6.07) is 11.0. The minimum Gasteiger partial charge on any atom is -0.483 e. The number of anilines is 2. The molecule has 7 nitrogen and oxygen atoms in total. The van der Waals surface area contributed by atoms with Crippen LogP contribution in [-0.4, -0.2) is 39.4 Å². The number of fused-ring (bicyclic) bond motifs is 1. The molecule has 2 aliphatic rings. The first-order chi connectivity index (χ1) is 17.7. The summed E-state index contributed by atoms with van der Waals surface area (Å²) in [6.07, 6.45) is 7.41. The lowest BCUT2D eigenvalue weighted by Gasteiger charge is -2.31. The Bertz CT molecular complexity index is 1090. The van der Waals surface area contributed by atoms with Gasteiger partial charge in [-0.05, 0) is 78.8 Å². The van der Waals surface area contributed by atoms with E-state index in [1.165, 1.54) is 47.9 Å². The van der Waals surface area contributed by atoms with Gasteiger partial charge in [-0.2, -0.15) is 0 Å². The minimum atomic E-state index is -0.890. The molecule has 0 spiro atoms. The molecule has 1 saturated carbocycles. The van der Waals surface area contributed by atoms with Crippen molar-refractivity contribution in [1.82, 2.24) is 4.31 Å². The molecular weight excluding hydrogens is 484 g/mol. The first-order valence-corrected chi connectivity index (χ1v) is 14.7. The van der Waals surface area contributed by atoms with Gasteiger partial charge in [0.05, 0.1) is 22.4 Å². The zero-order valence-electron chi connectivity index (χ0n) is 22.8. The molecule has 4 rings (SSSR count). The predicted octanol–water partition coefficient (Wildman–Crippen LogP) is 5.11. The van der Waals surface area contributed by atoms with E-state index in [9.17, 15) is 4.21 Å². The van der Waals surface area contributed by atoms with Crippen LogP contribution in [0.3, 0.4) is 0 Å². The van der Waals surface area contributed by atoms with E-state index in [4.69, 9.17) is 21.5 Å². The Hall–Kier alpha value is -2.42. The lowest BCUT2D eigenvalue weighted by molar-refractivity contribution is -0.122. The van der Waals surface area contributed by atoms with Gasteiger partial charge < -0.3 is 15.8 Å². The summed E-state index contributed by atoms with van der Waals surface area (Å²) >= 11 is 0. The number of hydrogen-bond acceptors (Lipinski definition) is 5. The molecule has 8 heteroatoms. The van der Waals surface area contributed by atoms with Gasteiger partial charge in [0.1, 0.15) is 0 Å². The number of nitrogens with two attached hydrogens (primary N) is 2. The highest BCUT2D eigenvalue weighted by atomic mass is 32.2. The van der Waals surface area contributed by atoms with Crippen LogP contribution >= 0.6 is 0 Å². The number of carbonyl (C=O) groups is 1. The number of carboxylic acid groups (broad SMARTS) is 1. The second kappa shape index (κ2) is 13.4. The predicted molar refractivity (Wildman–Crippen MR) is 154 cm³/mol. The van der Waals surface area contributed by atoms with E-state index in [1.807, 2.05) is 13.1 Å². The maximum absolute atomic E-state index is 13.1. The standard InChI is InChI=1S/C28H42N4OS.CH2O2/c1-5-25(26-12-13-27(31(4)30)28(29)20(26)3)22-11-10-19(2)24(16-22)18-32-17-23-9-7-6-8-21(23)14-15-34(32)33;2-1-3/h10-13,16,21,23,25H,5-9,14-15,17-18,29-30H2,1-4H3;1H,(H,2,3). The summed E-state index contributed by atoms with van der Waals surface area (Å²) in [4.78, 5) is 8.36. The largest absolute Gasteiger partial charge is 0.483 e. The number of hydrazine groups is 1. The van der Waals surface area contributed by atoms with Gasteiger partial charge in [-0.15, -0.1) is 0 Å². The third kappa shape index (κ3) is 6.92. The first-order valence-electron chi connectivity index (χ1n) is 13.4. The van der Waals surface area contributed by atoms with Crippen molar-refractivity contribution in [3.8, 4) is 0 Å². The average Bonchev–Trinajstić information content (AvgIpc) is 3.03. The van der Waals surface area contributed by atoms with Gasteiger partial charge in [0.25, 0.3) is 6.47 Å². The molecule has 2 aromatic rings. The van der Waals surface area contributed by atoms with Gasteiger partial charge in [-0.25, -0.2) is 14.4 Å². The molecule has 0 amide bonds. The zero-order chi connectivity index (χ0) is 27.1. The minimum absolute atomic E-state index is 0.250. The fourth-order valence-corrected chi connectivity index (χ4v) is 7.49. The molecule has 1 aliphatic carbocycles. The van der Waals surface area contributed by atoms with Crippen LogP contribution in [0, 0.1) is 25.7 Å². The quantitative estimate of drug-likeness (QED) is 0.208. The number of hydrogen-bond donors (Lipinski definition) is 3. The van der Waals surface area contributed by atoms with Crippen molar-refractivity contribution in [3.05, 3.63) is 58.1 Å². The SMILES string of the molecule is CCC(c1ccc(C)c(CN2CC3CCCCC3CCS2=O)c1)c1ccc(N(C)N)c(N)c1C.O=CO. The van der Waals surface area contributed by atoms with Crippen molar-refractivity contribution in [2.45, 2.75) is 71.8 Å². The highest BCUT2D eigenvalue weighted by molar-refractivity contribution is 7.82. The van der Waals surface area contributed by atoms with Crippen molar-refractivity contribution in [2.75, 3.05) is 30.1 Å². The summed E-state index contributed by atoms with van der Waals surface area (Å²) in [5.74, 6) is 8.52. The van der Waals surface area contributed by atoms with E-state index < -0.39 is 11.0 Å². The third-order valence-corrected chi connectivity index (χ3v) is 9.71. The Morgan fingerprint density at radius 3 is 2.49 bits per heavy atom. The van der Waals surface area contributed by atoms with Crippen LogP contribution in [0.2, 0.25) is 0 Å². The average molecular weight is 529 g/mol. The molecule has 1 heterocycles. The molecule has 1 aliphatic heterocycles. The number of rotatable bonds is 6. The normalized spacial score (nSPS) is 22.7. The molecule has 5 N–H and O–H groups in total. The maximum atomic E-state index is 13.1. The molecular formula is C29H44N4O3S. The number of aryl methyl sites for hydroxylation is 1. The lowest BCUT2D eigenvalue weighted by Crippen LogP contribution is -2.32. The summed E-state index contributed by atoms with van der Waals surface area (Å²) in [5.41, 5.74) is 14.3. The summed E-state index contributed by atoms with van der Waals surface area (Å²) in [7, 11) is 0.926. The molecule has 1 saturated heterocycles. The van der Waals surface area contributed by atoms with Crippen LogP contribution < -0.4 is 16.6 Å². The Balaban J connectivity index is 0.00000121. The van der Waals surface area contributed by atoms with E-state index in [0.29, 0.717) is 5.92 Å². The monoisotopic (exact) mass is 528 g/mol. The second-order valence-electron chi connectivity index (χ2n) is 10.5. The van der Waals surface area contributed by atoms with Crippen molar-refractivity contribution in [1.29, 1.82) is 0 Å². The molecule has 2 aromatic carbocycles. The molecule has 2 fully saturated rings. The molecule has 0 aromatic heterocycles. The highest BCUT2D eigenvalue weighted by Gasteiger charge is 2.32. The zero-order valence-corrected chi connectivity index (χ0v) is 23.6. The van der Waals surface area contributed by atoms with Gasteiger partial charge in [-0.3, -0.25) is 4.79 Å². The van der Waals surface area contributed by atoms with E-state index in [1.54, 1.807) is 5.01 Å². The maximum Gasteiger partial charge on any atom is 0.290 e. The van der Waals surface area contributed by atoms with E-state index >= 15 is 0 Å². The van der Waals surface area contributed by atoms with E-state index in [0.717, 1.165) is 54.5 Å². The van der Waals surface area contributed by atoms with Crippen LogP contribution in [0.5, 0.6) is 0 Å². The van der Waals surface area contributed by atoms with Crippen LogP contribution in [-0.2, 0) is 22.3 Å². The Labute approximate surface area is 224 Å². The Morgan fingerprint density at radius 1 is 1.16 bits per heavy atom. The Kier molecular flexibility index (Phi) is 10.6. The second-order valence-corrected chi connectivity index (χ2v) is 12.1. The first kappa shape index (κ1) is 29.1.